The smallest absolute Gasteiger partial charge is 0.338 e. The second-order valence-corrected chi connectivity index (χ2v) is 5.81. The summed E-state index contributed by atoms with van der Waals surface area (Å²) in [7, 11) is 1.40. The molecule has 3 nitrogen and oxygen atoms in total. The van der Waals surface area contributed by atoms with E-state index in [1.165, 1.54) is 7.11 Å². The maximum absolute atomic E-state index is 12.3. The molecule has 0 saturated carbocycles. The van der Waals surface area contributed by atoms with Gasteiger partial charge in [-0.05, 0) is 17.5 Å². The predicted octanol–water partition coefficient (Wildman–Crippen LogP) is 4.64. The molecule has 3 rings (SSSR count). The van der Waals surface area contributed by atoms with Gasteiger partial charge >= 0.3 is 5.97 Å². The Kier molecular flexibility index (Phi) is 4.03. The highest BCUT2D eigenvalue weighted by atomic mass is 79.9. The number of nitrogens with zero attached hydrogens (tertiary/aromatic N) is 1. The highest BCUT2D eigenvalue weighted by Crippen LogP contribution is 2.33. The van der Waals surface area contributed by atoms with Crippen molar-refractivity contribution in [3.05, 3.63) is 52.2 Å². The van der Waals surface area contributed by atoms with Crippen LogP contribution in [0.15, 0.2) is 41.1 Å². The molecule has 0 aliphatic rings. The molecular formula is C16H12BrNO2S. The number of carbonyl (C=O) groups is 1. The summed E-state index contributed by atoms with van der Waals surface area (Å²) in [5.41, 5.74) is 4.08. The number of thiophene rings is 1. The Hall–Kier alpha value is -1.72. The third-order valence-electron chi connectivity index (χ3n) is 3.31. The number of pyridine rings is 1. The van der Waals surface area contributed by atoms with Crippen LogP contribution in [0.3, 0.4) is 0 Å². The Morgan fingerprint density at radius 1 is 1.33 bits per heavy atom. The average molecular weight is 362 g/mol. The highest BCUT2D eigenvalue weighted by Gasteiger charge is 2.21. The Morgan fingerprint density at radius 3 is 2.81 bits per heavy atom. The predicted molar refractivity (Wildman–Crippen MR) is 89.0 cm³/mol. The molecule has 0 aliphatic carbocycles. The van der Waals surface area contributed by atoms with Gasteiger partial charge in [-0.15, -0.1) is 0 Å². The van der Waals surface area contributed by atoms with Gasteiger partial charge in [-0.3, -0.25) is 0 Å². The number of rotatable bonds is 3. The maximum Gasteiger partial charge on any atom is 0.338 e. The van der Waals surface area contributed by atoms with Crippen LogP contribution in [0.25, 0.3) is 22.2 Å². The Morgan fingerprint density at radius 2 is 2.14 bits per heavy atom. The zero-order chi connectivity index (χ0) is 14.8. The molecule has 0 aliphatic heterocycles. The van der Waals surface area contributed by atoms with Crippen LogP contribution >= 0.6 is 27.3 Å². The molecule has 2 heterocycles. The van der Waals surface area contributed by atoms with Gasteiger partial charge < -0.3 is 4.74 Å². The van der Waals surface area contributed by atoms with Crippen molar-refractivity contribution in [3.8, 4) is 11.3 Å². The minimum absolute atomic E-state index is 0.334. The molecule has 106 valence electrons. The first-order valence-electron chi connectivity index (χ1n) is 6.34. The Labute approximate surface area is 134 Å². The summed E-state index contributed by atoms with van der Waals surface area (Å²) in [5.74, 6) is -0.334. The third-order valence-corrected chi connectivity index (χ3v) is 4.55. The van der Waals surface area contributed by atoms with Gasteiger partial charge in [0.2, 0.25) is 0 Å². The van der Waals surface area contributed by atoms with Gasteiger partial charge in [0.25, 0.3) is 0 Å². The van der Waals surface area contributed by atoms with E-state index in [1.807, 2.05) is 41.1 Å². The Bertz CT molecular complexity index is 799. The summed E-state index contributed by atoms with van der Waals surface area (Å²) in [6, 6.07) is 9.64. The van der Waals surface area contributed by atoms with Crippen LogP contribution in [-0.2, 0) is 10.1 Å². The normalized spacial score (nSPS) is 10.8. The second-order valence-electron chi connectivity index (χ2n) is 4.47. The molecule has 0 spiro atoms. The van der Waals surface area contributed by atoms with E-state index in [9.17, 15) is 4.79 Å². The number of alkyl halides is 1. The number of hydrogen-bond acceptors (Lipinski definition) is 4. The summed E-state index contributed by atoms with van der Waals surface area (Å²) in [6.45, 7) is 0. The number of ether oxygens (including phenoxy) is 1. The number of aromatic nitrogens is 1. The molecule has 0 atom stereocenters. The summed E-state index contributed by atoms with van der Waals surface area (Å²) in [5, 5.41) is 5.39. The van der Waals surface area contributed by atoms with E-state index in [2.05, 4.69) is 15.9 Å². The molecule has 1 aromatic carbocycles. The molecule has 0 bridgehead atoms. The number of para-hydroxylation sites is 1. The van der Waals surface area contributed by atoms with E-state index in [0.717, 1.165) is 27.7 Å². The van der Waals surface area contributed by atoms with Crippen LogP contribution in [0.2, 0.25) is 0 Å². The topological polar surface area (TPSA) is 39.2 Å². The van der Waals surface area contributed by atoms with Crippen molar-refractivity contribution in [1.82, 2.24) is 4.98 Å². The second kappa shape index (κ2) is 5.95. The maximum atomic E-state index is 12.3. The van der Waals surface area contributed by atoms with E-state index in [1.54, 1.807) is 11.3 Å². The van der Waals surface area contributed by atoms with Gasteiger partial charge in [-0.25, -0.2) is 9.78 Å². The monoisotopic (exact) mass is 361 g/mol. The van der Waals surface area contributed by atoms with Crippen LogP contribution in [0.4, 0.5) is 0 Å². The average Bonchev–Trinajstić information content (AvgIpc) is 3.06. The van der Waals surface area contributed by atoms with Crippen LogP contribution < -0.4 is 0 Å². The zero-order valence-corrected chi connectivity index (χ0v) is 13.7. The Balaban J connectivity index is 2.41. The minimum atomic E-state index is -0.334. The van der Waals surface area contributed by atoms with Crippen molar-refractivity contribution in [1.29, 1.82) is 0 Å². The van der Waals surface area contributed by atoms with E-state index in [-0.39, 0.29) is 5.97 Å². The standard InChI is InChI=1S/C16H12BrNO2S/c1-20-16(19)14-11-4-2-3-5-13(11)18-15(12(14)8-17)10-6-7-21-9-10/h2-7,9H,8H2,1H3. The third kappa shape index (κ3) is 2.47. The van der Waals surface area contributed by atoms with Crippen molar-refractivity contribution < 1.29 is 9.53 Å². The molecule has 0 amide bonds. The van der Waals surface area contributed by atoms with Gasteiger partial charge in [0.15, 0.2) is 0 Å². The summed E-state index contributed by atoms with van der Waals surface area (Å²) in [4.78, 5) is 17.0. The number of hydrogen-bond donors (Lipinski definition) is 0. The van der Waals surface area contributed by atoms with Crippen LogP contribution in [0.1, 0.15) is 15.9 Å². The van der Waals surface area contributed by atoms with Gasteiger partial charge in [-0.1, -0.05) is 34.1 Å². The highest BCUT2D eigenvalue weighted by molar-refractivity contribution is 9.08. The molecule has 5 heteroatoms. The van der Waals surface area contributed by atoms with E-state index in [4.69, 9.17) is 9.72 Å². The number of methoxy groups -OCH3 is 1. The van der Waals surface area contributed by atoms with Crippen LogP contribution in [0, 0.1) is 0 Å². The fourth-order valence-electron chi connectivity index (χ4n) is 2.35. The van der Waals surface area contributed by atoms with Crippen LogP contribution in [-0.4, -0.2) is 18.1 Å². The molecule has 0 N–H and O–H groups in total. The summed E-state index contributed by atoms with van der Waals surface area (Å²) >= 11 is 5.09. The molecule has 2 aromatic heterocycles. The van der Waals surface area contributed by atoms with Crippen LogP contribution in [0.5, 0.6) is 0 Å². The molecule has 0 fully saturated rings. The summed E-state index contributed by atoms with van der Waals surface area (Å²) in [6.07, 6.45) is 0. The van der Waals surface area contributed by atoms with Crippen molar-refractivity contribution in [2.24, 2.45) is 0 Å². The fourth-order valence-corrected chi connectivity index (χ4v) is 3.54. The lowest BCUT2D eigenvalue weighted by atomic mass is 9.99. The van der Waals surface area contributed by atoms with Crippen molar-refractivity contribution in [2.45, 2.75) is 5.33 Å². The first-order valence-corrected chi connectivity index (χ1v) is 8.41. The first kappa shape index (κ1) is 14.2. The van der Waals surface area contributed by atoms with Crippen molar-refractivity contribution >= 4 is 44.1 Å². The summed E-state index contributed by atoms with van der Waals surface area (Å²) < 4.78 is 4.97. The van der Waals surface area contributed by atoms with Crippen molar-refractivity contribution in [2.75, 3.05) is 7.11 Å². The zero-order valence-electron chi connectivity index (χ0n) is 11.3. The van der Waals surface area contributed by atoms with E-state index < -0.39 is 0 Å². The lowest BCUT2D eigenvalue weighted by Gasteiger charge is -2.13. The molecule has 0 unspecified atom stereocenters. The van der Waals surface area contributed by atoms with Gasteiger partial charge in [0, 0.05) is 27.2 Å². The number of halogens is 1. The fraction of sp³-hybridized carbons (Fsp3) is 0.125. The van der Waals surface area contributed by atoms with Crippen molar-refractivity contribution in [3.63, 3.8) is 0 Å². The largest absolute Gasteiger partial charge is 0.465 e. The quantitative estimate of drug-likeness (QED) is 0.503. The molecule has 21 heavy (non-hydrogen) atoms. The SMILES string of the molecule is COC(=O)c1c(CBr)c(-c2ccsc2)nc2ccccc12. The number of fused-ring (bicyclic) bond motifs is 1. The number of carbonyl (C=O) groups excluding carboxylic acids is 1. The molecule has 3 aromatic rings. The van der Waals surface area contributed by atoms with Gasteiger partial charge in [0.1, 0.15) is 0 Å². The number of benzene rings is 1. The lowest BCUT2D eigenvalue weighted by Crippen LogP contribution is -2.08. The minimum Gasteiger partial charge on any atom is -0.465 e. The lowest BCUT2D eigenvalue weighted by molar-refractivity contribution is 0.0602. The first-order chi connectivity index (χ1) is 10.3. The van der Waals surface area contributed by atoms with E-state index in [0.29, 0.717) is 10.9 Å². The molecule has 0 saturated heterocycles. The van der Waals surface area contributed by atoms with E-state index >= 15 is 0 Å². The molecular weight excluding hydrogens is 350 g/mol. The van der Waals surface area contributed by atoms with Gasteiger partial charge in [-0.2, -0.15) is 11.3 Å². The molecule has 0 radical (unpaired) electrons. The van der Waals surface area contributed by atoms with Gasteiger partial charge in [0.05, 0.1) is 23.9 Å². The number of esters is 1.